The fraction of sp³-hybridized carbons (Fsp3) is 0.278. The van der Waals surface area contributed by atoms with Gasteiger partial charge in [0.25, 0.3) is 5.91 Å². The highest BCUT2D eigenvalue weighted by Gasteiger charge is 2.24. The molecule has 0 aliphatic carbocycles. The van der Waals surface area contributed by atoms with Crippen molar-refractivity contribution in [3.63, 3.8) is 0 Å². The van der Waals surface area contributed by atoms with Crippen LogP contribution in [0, 0.1) is 18.3 Å². The average Bonchev–Trinajstić information content (AvgIpc) is 3.06. The number of nitrogens with one attached hydrogen (secondary N) is 1. The van der Waals surface area contributed by atoms with E-state index in [-0.39, 0.29) is 11.3 Å². The van der Waals surface area contributed by atoms with Crippen molar-refractivity contribution >= 4 is 39.5 Å². The van der Waals surface area contributed by atoms with Crippen molar-refractivity contribution in [1.82, 2.24) is 9.38 Å². The Hall–Kier alpha value is -2.36. The third-order valence-corrected chi connectivity index (χ3v) is 5.05. The third-order valence-electron chi connectivity index (χ3n) is 3.92. The number of carbonyl (C=O) groups is 1. The molecule has 5 nitrogen and oxygen atoms in total. The molecule has 0 spiro atoms. The van der Waals surface area contributed by atoms with Crippen LogP contribution in [0.15, 0.2) is 23.7 Å². The molecule has 25 heavy (non-hydrogen) atoms. The van der Waals surface area contributed by atoms with Crippen LogP contribution < -0.4 is 5.32 Å². The van der Waals surface area contributed by atoms with Crippen LogP contribution in [0.4, 0.5) is 5.00 Å². The van der Waals surface area contributed by atoms with Gasteiger partial charge in [-0.3, -0.25) is 9.20 Å². The molecular weight excluding hydrogens is 356 g/mol. The van der Waals surface area contributed by atoms with Crippen LogP contribution >= 0.6 is 22.9 Å². The van der Waals surface area contributed by atoms with Gasteiger partial charge in [0, 0.05) is 17.3 Å². The molecular formula is C18H17ClN4OS. The second-order valence-electron chi connectivity index (χ2n) is 6.79. The quantitative estimate of drug-likeness (QED) is 0.703. The van der Waals surface area contributed by atoms with Crippen LogP contribution in [0.1, 0.15) is 48.1 Å². The minimum absolute atomic E-state index is 0.166. The smallest absolute Gasteiger partial charge is 0.275 e. The van der Waals surface area contributed by atoms with Gasteiger partial charge >= 0.3 is 0 Å². The predicted octanol–water partition coefficient (Wildman–Crippen LogP) is 4.78. The van der Waals surface area contributed by atoms with Crippen LogP contribution in [-0.4, -0.2) is 15.3 Å². The molecule has 0 aliphatic heterocycles. The number of fused-ring (bicyclic) bond motifs is 1. The Kier molecular flexibility index (Phi) is 4.31. The molecule has 1 N–H and O–H groups in total. The molecule has 0 atom stereocenters. The first-order valence-electron chi connectivity index (χ1n) is 7.70. The fourth-order valence-electron chi connectivity index (χ4n) is 2.69. The molecule has 0 radical (unpaired) electrons. The Labute approximate surface area is 154 Å². The van der Waals surface area contributed by atoms with Gasteiger partial charge in [0.2, 0.25) is 0 Å². The van der Waals surface area contributed by atoms with E-state index in [2.05, 4.69) is 16.4 Å². The first-order valence-corrected chi connectivity index (χ1v) is 8.95. The number of nitriles is 1. The number of hydrogen-bond donors (Lipinski definition) is 1. The van der Waals surface area contributed by atoms with E-state index in [1.807, 2.05) is 26.2 Å². The van der Waals surface area contributed by atoms with Gasteiger partial charge in [-0.2, -0.15) is 5.26 Å². The average molecular weight is 373 g/mol. The van der Waals surface area contributed by atoms with Crippen LogP contribution in [0.3, 0.4) is 0 Å². The maximum Gasteiger partial charge on any atom is 0.275 e. The Bertz CT molecular complexity index is 1020. The van der Waals surface area contributed by atoms with Crippen LogP contribution in [0.5, 0.6) is 0 Å². The normalized spacial score (nSPS) is 11.5. The number of thiophene rings is 1. The highest BCUT2D eigenvalue weighted by Crippen LogP contribution is 2.35. The highest BCUT2D eigenvalue weighted by molar-refractivity contribution is 7.14. The molecule has 128 valence electrons. The van der Waals surface area contributed by atoms with E-state index in [1.165, 1.54) is 11.3 Å². The van der Waals surface area contributed by atoms with E-state index < -0.39 is 0 Å². The molecule has 0 saturated carbocycles. The summed E-state index contributed by atoms with van der Waals surface area (Å²) < 4.78 is 1.70. The first-order chi connectivity index (χ1) is 11.7. The second-order valence-corrected chi connectivity index (χ2v) is 8.10. The number of carbonyl (C=O) groups excluding carboxylic acids is 1. The van der Waals surface area contributed by atoms with E-state index in [9.17, 15) is 10.1 Å². The molecule has 0 bridgehead atoms. The van der Waals surface area contributed by atoms with Gasteiger partial charge in [0.1, 0.15) is 22.4 Å². The zero-order valence-electron chi connectivity index (χ0n) is 14.3. The maximum absolute atomic E-state index is 12.8. The molecule has 0 aromatic carbocycles. The lowest BCUT2D eigenvalue weighted by Crippen LogP contribution is -2.16. The molecule has 1 amide bonds. The van der Waals surface area contributed by atoms with Crippen molar-refractivity contribution in [3.8, 4) is 6.07 Å². The van der Waals surface area contributed by atoms with Gasteiger partial charge < -0.3 is 5.32 Å². The summed E-state index contributed by atoms with van der Waals surface area (Å²) in [4.78, 5) is 17.2. The number of amides is 1. The number of halogens is 1. The van der Waals surface area contributed by atoms with Gasteiger partial charge in [-0.05, 0) is 29.3 Å². The molecule has 3 heterocycles. The topological polar surface area (TPSA) is 70.2 Å². The number of hydrogen-bond acceptors (Lipinski definition) is 4. The number of nitrogens with zero attached hydrogens (tertiary/aromatic N) is 3. The van der Waals surface area contributed by atoms with Crippen molar-refractivity contribution in [3.05, 3.63) is 51.2 Å². The molecule has 0 unspecified atom stereocenters. The third kappa shape index (κ3) is 3.13. The lowest BCUT2D eigenvalue weighted by atomic mass is 9.86. The lowest BCUT2D eigenvalue weighted by Gasteiger charge is -2.17. The standard InChI is InChI=1S/C18H17ClN4OS/c1-10-15(23-6-5-11(19)7-14(23)21-10)16(24)22-17-12(8-20)13(9-25-17)18(2,3)4/h5-7,9H,1-4H3,(H,22,24). The summed E-state index contributed by atoms with van der Waals surface area (Å²) in [5.74, 6) is -0.300. The number of rotatable bonds is 2. The van der Waals surface area contributed by atoms with E-state index in [4.69, 9.17) is 11.6 Å². The Balaban J connectivity index is 2.01. The van der Waals surface area contributed by atoms with E-state index in [0.717, 1.165) is 5.56 Å². The number of aryl methyl sites for hydroxylation is 1. The van der Waals surface area contributed by atoms with Crippen LogP contribution in [0.25, 0.3) is 5.65 Å². The second kappa shape index (κ2) is 6.17. The highest BCUT2D eigenvalue weighted by atomic mass is 35.5. The number of pyridine rings is 1. The van der Waals surface area contributed by atoms with Gasteiger partial charge in [-0.1, -0.05) is 32.4 Å². The van der Waals surface area contributed by atoms with Gasteiger partial charge in [0.15, 0.2) is 0 Å². The van der Waals surface area contributed by atoms with Gasteiger partial charge in [0.05, 0.1) is 11.3 Å². The molecule has 7 heteroatoms. The summed E-state index contributed by atoms with van der Waals surface area (Å²) in [5.41, 5.74) is 2.92. The van der Waals surface area contributed by atoms with Crippen LogP contribution in [0.2, 0.25) is 5.02 Å². The summed E-state index contributed by atoms with van der Waals surface area (Å²) in [7, 11) is 0. The Morgan fingerprint density at radius 2 is 2.16 bits per heavy atom. The monoisotopic (exact) mass is 372 g/mol. The van der Waals surface area contributed by atoms with Crippen molar-refractivity contribution in [2.75, 3.05) is 5.32 Å². The van der Waals surface area contributed by atoms with E-state index in [1.54, 1.807) is 29.7 Å². The number of aromatic nitrogens is 2. The van der Waals surface area contributed by atoms with Crippen molar-refractivity contribution < 1.29 is 4.79 Å². The Morgan fingerprint density at radius 1 is 1.44 bits per heavy atom. The summed E-state index contributed by atoms with van der Waals surface area (Å²) in [6.07, 6.45) is 1.72. The summed E-state index contributed by atoms with van der Waals surface area (Å²) >= 11 is 7.35. The number of imidazole rings is 1. The minimum atomic E-state index is -0.300. The van der Waals surface area contributed by atoms with Gasteiger partial charge in [-0.15, -0.1) is 11.3 Å². The molecule has 3 aromatic rings. The zero-order chi connectivity index (χ0) is 18.4. The predicted molar refractivity (Wildman–Crippen MR) is 101 cm³/mol. The molecule has 3 rings (SSSR count). The lowest BCUT2D eigenvalue weighted by molar-refractivity contribution is 0.102. The Morgan fingerprint density at radius 3 is 2.80 bits per heavy atom. The SMILES string of the molecule is Cc1nc2cc(Cl)ccn2c1C(=O)Nc1scc(C(C)(C)C)c1C#N. The van der Waals surface area contributed by atoms with Crippen molar-refractivity contribution in [2.45, 2.75) is 33.1 Å². The largest absolute Gasteiger partial charge is 0.311 e. The molecule has 3 aromatic heterocycles. The molecule has 0 aliphatic rings. The van der Waals surface area contributed by atoms with E-state index in [0.29, 0.717) is 32.6 Å². The summed E-state index contributed by atoms with van der Waals surface area (Å²) in [6.45, 7) is 7.90. The molecule has 0 saturated heterocycles. The fourth-order valence-corrected chi connectivity index (χ4v) is 3.97. The summed E-state index contributed by atoms with van der Waals surface area (Å²) in [5, 5.41) is 15.4. The maximum atomic E-state index is 12.8. The summed E-state index contributed by atoms with van der Waals surface area (Å²) in [6, 6.07) is 5.62. The number of anilines is 1. The van der Waals surface area contributed by atoms with E-state index >= 15 is 0 Å². The minimum Gasteiger partial charge on any atom is -0.311 e. The van der Waals surface area contributed by atoms with Crippen molar-refractivity contribution in [2.24, 2.45) is 0 Å². The zero-order valence-corrected chi connectivity index (χ0v) is 15.9. The van der Waals surface area contributed by atoms with Crippen molar-refractivity contribution in [1.29, 1.82) is 5.26 Å². The molecule has 0 fully saturated rings. The first kappa shape index (κ1) is 17.5. The van der Waals surface area contributed by atoms with Gasteiger partial charge in [-0.25, -0.2) is 4.98 Å². The van der Waals surface area contributed by atoms with Crippen LogP contribution in [-0.2, 0) is 5.41 Å².